The van der Waals surface area contributed by atoms with Gasteiger partial charge in [-0.15, -0.1) is 0 Å². The number of aromatic nitrogens is 2. The van der Waals surface area contributed by atoms with Crippen molar-refractivity contribution in [2.24, 2.45) is 0 Å². The number of esters is 1. The zero-order valence-corrected chi connectivity index (χ0v) is 23.8. The highest BCUT2D eigenvalue weighted by molar-refractivity contribution is 7.36. The van der Waals surface area contributed by atoms with Crippen molar-refractivity contribution in [1.82, 2.24) is 14.4 Å². The molecule has 0 bridgehead atoms. The van der Waals surface area contributed by atoms with Crippen LogP contribution in [0.2, 0.25) is 10.0 Å². The van der Waals surface area contributed by atoms with Crippen LogP contribution >= 0.6 is 31.4 Å². The number of aromatic amines is 1. The van der Waals surface area contributed by atoms with Crippen LogP contribution in [0.3, 0.4) is 0 Å². The predicted octanol–water partition coefficient (Wildman–Crippen LogP) is 3.26. The Morgan fingerprint density at radius 1 is 1.36 bits per heavy atom. The van der Waals surface area contributed by atoms with E-state index in [1.165, 1.54) is 25.1 Å². The first-order chi connectivity index (χ1) is 18.4. The Hall–Kier alpha value is -2.25. The van der Waals surface area contributed by atoms with Gasteiger partial charge in [0.1, 0.15) is 24.0 Å². The third-order valence-corrected chi connectivity index (χ3v) is 7.71. The fraction of sp³-hybridized carbons (Fsp3) is 0.522. The van der Waals surface area contributed by atoms with Crippen LogP contribution in [0.15, 0.2) is 40.1 Å². The molecule has 0 aliphatic carbocycles. The summed E-state index contributed by atoms with van der Waals surface area (Å²) in [5, 5.41) is 11.0. The zero-order chi connectivity index (χ0) is 28.9. The summed E-state index contributed by atoms with van der Waals surface area (Å²) in [6.07, 6.45) is -2.42. The number of H-pyrrole nitrogens is 1. The molecule has 39 heavy (non-hydrogen) atoms. The Morgan fingerprint density at radius 3 is 2.72 bits per heavy atom. The number of carbonyl (C=O) groups excluding carboxylic acids is 1. The molecule has 2 N–H and O–H groups in total. The lowest BCUT2D eigenvalue weighted by molar-refractivity contribution is -0.181. The van der Waals surface area contributed by atoms with Gasteiger partial charge < -0.3 is 19.1 Å². The highest BCUT2D eigenvalue weighted by atomic mass is 35.5. The van der Waals surface area contributed by atoms with Crippen molar-refractivity contribution in [3.8, 4) is 5.75 Å². The number of unbranched alkanes of at least 4 members (excludes halogenated alkanes) is 1. The largest absolute Gasteiger partial charge is 0.464 e. The Labute approximate surface area is 233 Å². The molecule has 2 heterocycles. The van der Waals surface area contributed by atoms with Crippen molar-refractivity contribution in [3.05, 3.63) is 61.3 Å². The number of hydrogen-bond donors (Lipinski definition) is 2. The first-order valence-corrected chi connectivity index (χ1v) is 14.0. The summed E-state index contributed by atoms with van der Waals surface area (Å²) in [6.45, 7) is 3.81. The predicted molar refractivity (Wildman–Crippen MR) is 140 cm³/mol. The second kappa shape index (κ2) is 13.4. The van der Waals surface area contributed by atoms with Gasteiger partial charge in [0, 0.05) is 17.3 Å². The molecule has 0 saturated carbocycles. The molecule has 1 saturated heterocycles. The number of carbonyl (C=O) groups is 1. The number of alkyl halides is 1. The van der Waals surface area contributed by atoms with Gasteiger partial charge in [-0.1, -0.05) is 41.4 Å². The van der Waals surface area contributed by atoms with Gasteiger partial charge in [-0.3, -0.25) is 28.5 Å². The molecule has 2 unspecified atom stereocenters. The number of ether oxygens (including phenoxy) is 2. The van der Waals surface area contributed by atoms with Crippen molar-refractivity contribution in [2.75, 3.05) is 13.2 Å². The summed E-state index contributed by atoms with van der Waals surface area (Å²) in [7, 11) is -3.40. The number of nitrogens with zero attached hydrogens (tertiary/aromatic N) is 2. The average Bonchev–Trinajstić information content (AvgIpc) is 3.09. The van der Waals surface area contributed by atoms with Gasteiger partial charge in [-0.05, 0) is 38.5 Å². The lowest BCUT2D eigenvalue weighted by Crippen LogP contribution is -2.44. The van der Waals surface area contributed by atoms with E-state index in [1.807, 2.05) is 11.9 Å². The molecular weight excluding hydrogens is 583 g/mol. The Kier molecular flexibility index (Phi) is 10.8. The molecule has 1 aromatic carbocycles. The van der Waals surface area contributed by atoms with Crippen molar-refractivity contribution < 1.29 is 37.7 Å². The highest BCUT2D eigenvalue weighted by Crippen LogP contribution is 2.42. The SMILES string of the molecule is CCCCOC(=O)C(C)N(OC[C@H]1O[C@@H](n2ccc(=O)[nH]c2=O)[C@](C)(F)[C@@H]1O)[PH](=O)Oc1ccc(Cl)cc1Cl. The van der Waals surface area contributed by atoms with E-state index in [-0.39, 0.29) is 17.4 Å². The first-order valence-electron chi connectivity index (χ1n) is 12.0. The minimum absolute atomic E-state index is 0.00361. The number of nitrogens with one attached hydrogen (secondary N) is 1. The quantitative estimate of drug-likeness (QED) is 0.158. The summed E-state index contributed by atoms with van der Waals surface area (Å²) in [5.41, 5.74) is -4.14. The number of hydrogen-bond acceptors (Lipinski definition) is 9. The van der Waals surface area contributed by atoms with E-state index in [9.17, 15) is 24.1 Å². The lowest BCUT2D eigenvalue weighted by Gasteiger charge is -2.27. The minimum atomic E-state index is -3.40. The van der Waals surface area contributed by atoms with Gasteiger partial charge in [0.05, 0.1) is 18.2 Å². The second-order valence-electron chi connectivity index (χ2n) is 8.90. The van der Waals surface area contributed by atoms with E-state index in [0.29, 0.717) is 11.4 Å². The number of hydroxylamine groups is 1. The molecule has 216 valence electrons. The molecule has 1 fully saturated rings. The van der Waals surface area contributed by atoms with Crippen molar-refractivity contribution >= 4 is 37.3 Å². The van der Waals surface area contributed by atoms with Gasteiger partial charge in [0.2, 0.25) is 0 Å². The summed E-state index contributed by atoms with van der Waals surface area (Å²) in [5.74, 6) is -0.774. The molecule has 3 rings (SSSR count). The van der Waals surface area contributed by atoms with E-state index in [2.05, 4.69) is 0 Å². The maximum absolute atomic E-state index is 15.5. The Morgan fingerprint density at radius 2 is 2.08 bits per heavy atom. The summed E-state index contributed by atoms with van der Waals surface area (Å²) in [6, 6.07) is 3.93. The van der Waals surface area contributed by atoms with E-state index in [4.69, 9.17) is 42.0 Å². The minimum Gasteiger partial charge on any atom is -0.464 e. The zero-order valence-electron chi connectivity index (χ0n) is 21.3. The van der Waals surface area contributed by atoms with Crippen LogP contribution < -0.4 is 15.8 Å². The molecule has 0 amide bonds. The number of aliphatic hydroxyl groups excluding tert-OH is 1. The van der Waals surface area contributed by atoms with Crippen LogP contribution in [0.1, 0.15) is 39.8 Å². The molecule has 12 nitrogen and oxygen atoms in total. The molecule has 2 aromatic rings. The topological polar surface area (TPSA) is 149 Å². The summed E-state index contributed by atoms with van der Waals surface area (Å²) >= 11 is 12.0. The number of benzene rings is 1. The molecule has 0 spiro atoms. The summed E-state index contributed by atoms with van der Waals surface area (Å²) in [4.78, 5) is 44.5. The highest BCUT2D eigenvalue weighted by Gasteiger charge is 2.55. The lowest BCUT2D eigenvalue weighted by atomic mass is 9.98. The molecule has 1 aromatic heterocycles. The molecule has 0 radical (unpaired) electrons. The van der Waals surface area contributed by atoms with Gasteiger partial charge in [-0.2, -0.15) is 0 Å². The van der Waals surface area contributed by atoms with Gasteiger partial charge >= 0.3 is 19.8 Å². The number of halogens is 3. The molecule has 1 aliphatic rings. The van der Waals surface area contributed by atoms with Gasteiger partial charge in [-0.25, -0.2) is 9.18 Å². The van der Waals surface area contributed by atoms with Gasteiger partial charge in [0.15, 0.2) is 11.9 Å². The van der Waals surface area contributed by atoms with Crippen LogP contribution in [0.5, 0.6) is 5.75 Å². The maximum Gasteiger partial charge on any atom is 0.331 e. The molecule has 1 aliphatic heterocycles. The van der Waals surface area contributed by atoms with E-state index in [0.717, 1.165) is 35.0 Å². The van der Waals surface area contributed by atoms with Crippen LogP contribution in [-0.2, 0) is 23.7 Å². The van der Waals surface area contributed by atoms with Crippen LogP contribution in [0, 0.1) is 0 Å². The second-order valence-corrected chi connectivity index (χ2v) is 10.9. The van der Waals surface area contributed by atoms with E-state index < -0.39 is 62.2 Å². The standard InChI is InChI=1S/C23H29Cl2FN3O9P/c1-4-5-10-35-20(32)13(2)29(39(34)38-16-7-6-14(24)11-15(16)25)36-12-17-19(31)23(3,26)21(37-17)28-9-8-18(30)27-22(28)33/h6-9,11,13,17,19,21,31,39H,4-5,10,12H2,1-3H3,(H,27,30,33)/t13?,17-,19-,21-,23-/m1/s1. The molecule has 16 heteroatoms. The van der Waals surface area contributed by atoms with Crippen molar-refractivity contribution in [1.29, 1.82) is 0 Å². The molecular formula is C23H29Cl2FN3O9P. The fourth-order valence-electron chi connectivity index (χ4n) is 3.67. The van der Waals surface area contributed by atoms with E-state index >= 15 is 4.39 Å². The van der Waals surface area contributed by atoms with Crippen LogP contribution in [-0.4, -0.2) is 62.6 Å². The van der Waals surface area contributed by atoms with Crippen LogP contribution in [0.4, 0.5) is 4.39 Å². The van der Waals surface area contributed by atoms with Crippen molar-refractivity contribution in [2.45, 2.75) is 63.8 Å². The number of aliphatic hydroxyl groups is 1. The smallest absolute Gasteiger partial charge is 0.331 e. The number of rotatable bonds is 12. The van der Waals surface area contributed by atoms with E-state index in [1.54, 1.807) is 0 Å². The Bertz CT molecular complexity index is 1310. The van der Waals surface area contributed by atoms with Crippen LogP contribution in [0.25, 0.3) is 0 Å². The van der Waals surface area contributed by atoms with Crippen molar-refractivity contribution in [3.63, 3.8) is 0 Å². The summed E-state index contributed by atoms with van der Waals surface area (Å²) < 4.78 is 45.7. The Balaban J connectivity index is 1.80. The third-order valence-electron chi connectivity index (χ3n) is 5.90. The average molecular weight is 612 g/mol. The van der Waals surface area contributed by atoms with Gasteiger partial charge in [0.25, 0.3) is 5.56 Å². The normalized spacial score (nSPS) is 24.5. The first kappa shape index (κ1) is 31.3. The fourth-order valence-corrected chi connectivity index (χ4v) is 5.24. The monoisotopic (exact) mass is 611 g/mol. The third kappa shape index (κ3) is 7.49. The molecule has 6 atom stereocenters. The maximum atomic E-state index is 15.5.